The average Bonchev–Trinajstić information content (AvgIpc) is 2.47. The number of nitrogens with zero attached hydrogens (tertiary/aromatic N) is 2. The van der Waals surface area contributed by atoms with Crippen molar-refractivity contribution in [2.45, 2.75) is 20.3 Å². The molecule has 0 aliphatic carbocycles. The molecule has 0 unspecified atom stereocenters. The number of carbonyl (C=O) groups excluding carboxylic acids is 1. The summed E-state index contributed by atoms with van der Waals surface area (Å²) in [4.78, 5) is 20.7. The van der Waals surface area contributed by atoms with Crippen molar-refractivity contribution in [1.29, 1.82) is 0 Å². The van der Waals surface area contributed by atoms with Crippen LogP contribution in [0.3, 0.4) is 0 Å². The smallest absolute Gasteiger partial charge is 0.260 e. The van der Waals surface area contributed by atoms with E-state index in [0.29, 0.717) is 11.4 Å². The summed E-state index contributed by atoms with van der Waals surface area (Å²) in [5.41, 5.74) is 2.16. The second-order valence-corrected chi connectivity index (χ2v) is 5.44. The number of rotatable bonds is 5. The van der Waals surface area contributed by atoms with E-state index in [0.717, 1.165) is 28.8 Å². The molecule has 21 heavy (non-hydrogen) atoms. The highest BCUT2D eigenvalue weighted by atomic mass is 79.9. The molecule has 0 spiro atoms. The number of aryl methyl sites for hydroxylation is 1. The van der Waals surface area contributed by atoms with Crippen LogP contribution < -0.4 is 10.6 Å². The zero-order chi connectivity index (χ0) is 15.2. The molecule has 2 N–H and O–H groups in total. The van der Waals surface area contributed by atoms with Gasteiger partial charge in [-0.25, -0.2) is 4.98 Å². The minimum atomic E-state index is -0.236. The van der Waals surface area contributed by atoms with Crippen molar-refractivity contribution < 1.29 is 4.79 Å². The quantitative estimate of drug-likeness (QED) is 0.865. The monoisotopic (exact) mass is 348 g/mol. The van der Waals surface area contributed by atoms with E-state index in [9.17, 15) is 4.79 Å². The van der Waals surface area contributed by atoms with E-state index in [1.165, 1.54) is 0 Å². The highest BCUT2D eigenvalue weighted by Gasteiger charge is 2.14. The molecule has 0 fully saturated rings. The van der Waals surface area contributed by atoms with Crippen molar-refractivity contribution >= 4 is 33.3 Å². The fraction of sp³-hybridized carbons (Fsp3) is 0.267. The van der Waals surface area contributed by atoms with Crippen LogP contribution in [0.5, 0.6) is 0 Å². The Balaban J connectivity index is 2.24. The molecule has 0 saturated heterocycles. The minimum Gasteiger partial charge on any atom is -0.384 e. The summed E-state index contributed by atoms with van der Waals surface area (Å²) in [6.45, 7) is 4.77. The first-order valence-corrected chi connectivity index (χ1v) is 7.53. The Labute approximate surface area is 132 Å². The molecule has 2 aromatic rings. The van der Waals surface area contributed by atoms with Crippen molar-refractivity contribution in [3.8, 4) is 0 Å². The van der Waals surface area contributed by atoms with E-state index in [1.54, 1.807) is 18.5 Å². The maximum absolute atomic E-state index is 12.4. The number of hydrogen-bond acceptors (Lipinski definition) is 4. The maximum atomic E-state index is 12.4. The molecule has 0 aliphatic rings. The molecular formula is C15H17BrN4O. The van der Waals surface area contributed by atoms with Crippen LogP contribution in [-0.4, -0.2) is 22.4 Å². The molecule has 2 aromatic heterocycles. The lowest BCUT2D eigenvalue weighted by atomic mass is 10.2. The van der Waals surface area contributed by atoms with Crippen LogP contribution >= 0.6 is 15.9 Å². The molecule has 1 amide bonds. The van der Waals surface area contributed by atoms with Crippen LogP contribution in [0, 0.1) is 6.92 Å². The molecule has 0 atom stereocenters. The van der Waals surface area contributed by atoms with E-state index in [1.807, 2.05) is 19.1 Å². The van der Waals surface area contributed by atoms with E-state index < -0.39 is 0 Å². The first-order valence-electron chi connectivity index (χ1n) is 6.74. The Morgan fingerprint density at radius 3 is 2.90 bits per heavy atom. The molecular weight excluding hydrogens is 332 g/mol. The van der Waals surface area contributed by atoms with Crippen molar-refractivity contribution in [2.75, 3.05) is 17.2 Å². The predicted molar refractivity (Wildman–Crippen MR) is 87.6 cm³/mol. The molecule has 2 heterocycles. The van der Waals surface area contributed by atoms with Gasteiger partial charge in [-0.05, 0) is 47.5 Å². The van der Waals surface area contributed by atoms with Crippen molar-refractivity contribution in [1.82, 2.24) is 9.97 Å². The van der Waals surface area contributed by atoms with Gasteiger partial charge in [-0.1, -0.05) is 6.92 Å². The first-order chi connectivity index (χ1) is 10.1. The van der Waals surface area contributed by atoms with Crippen LogP contribution in [0.4, 0.5) is 11.5 Å². The van der Waals surface area contributed by atoms with Crippen LogP contribution in [0.2, 0.25) is 0 Å². The van der Waals surface area contributed by atoms with Gasteiger partial charge in [0.05, 0.1) is 15.7 Å². The van der Waals surface area contributed by atoms with Gasteiger partial charge in [0.15, 0.2) is 0 Å². The fourth-order valence-corrected chi connectivity index (χ4v) is 2.15. The maximum Gasteiger partial charge on any atom is 0.260 e. The lowest BCUT2D eigenvalue weighted by Gasteiger charge is -2.12. The predicted octanol–water partition coefficient (Wildman–Crippen LogP) is 3.62. The van der Waals surface area contributed by atoms with Crippen molar-refractivity contribution in [2.24, 2.45) is 0 Å². The third kappa shape index (κ3) is 4.01. The lowest BCUT2D eigenvalue weighted by molar-refractivity contribution is 0.102. The summed E-state index contributed by atoms with van der Waals surface area (Å²) in [5, 5.41) is 6.04. The summed E-state index contributed by atoms with van der Waals surface area (Å²) in [6, 6.07) is 5.49. The number of hydrogen-bond donors (Lipinski definition) is 2. The average molecular weight is 349 g/mol. The second kappa shape index (κ2) is 7.17. The Morgan fingerprint density at radius 2 is 2.19 bits per heavy atom. The van der Waals surface area contributed by atoms with E-state index in [4.69, 9.17) is 0 Å². The number of amides is 1. The standard InChI is InChI=1S/C15H17BrN4O/c1-3-6-17-13-8-10(2)19-9-11(13)15(21)20-14-12(16)5-4-7-18-14/h4-5,7-9H,3,6H2,1-2H3,(H,17,19)(H,18,20,21). The number of aromatic nitrogens is 2. The highest BCUT2D eigenvalue weighted by molar-refractivity contribution is 9.10. The van der Waals surface area contributed by atoms with E-state index in [-0.39, 0.29) is 5.91 Å². The van der Waals surface area contributed by atoms with Gasteiger partial charge in [-0.2, -0.15) is 0 Å². The first kappa shape index (κ1) is 15.4. The Kier molecular flexibility index (Phi) is 5.27. The van der Waals surface area contributed by atoms with Gasteiger partial charge in [0.1, 0.15) is 5.82 Å². The molecule has 0 aliphatic heterocycles. The van der Waals surface area contributed by atoms with Gasteiger partial charge in [-0.15, -0.1) is 0 Å². The molecule has 0 radical (unpaired) electrons. The minimum absolute atomic E-state index is 0.236. The van der Waals surface area contributed by atoms with Gasteiger partial charge < -0.3 is 10.6 Å². The lowest BCUT2D eigenvalue weighted by Crippen LogP contribution is -2.17. The molecule has 0 aromatic carbocycles. The molecule has 0 saturated carbocycles. The molecule has 110 valence electrons. The Morgan fingerprint density at radius 1 is 1.38 bits per heavy atom. The topological polar surface area (TPSA) is 66.9 Å². The van der Waals surface area contributed by atoms with Gasteiger partial charge in [0, 0.05) is 24.6 Å². The third-order valence-corrected chi connectivity index (χ3v) is 3.48. The summed E-state index contributed by atoms with van der Waals surface area (Å²) < 4.78 is 0.737. The largest absolute Gasteiger partial charge is 0.384 e. The number of anilines is 2. The zero-order valence-corrected chi connectivity index (χ0v) is 13.6. The summed E-state index contributed by atoms with van der Waals surface area (Å²) >= 11 is 3.36. The van der Waals surface area contributed by atoms with Gasteiger partial charge in [0.2, 0.25) is 0 Å². The second-order valence-electron chi connectivity index (χ2n) is 4.59. The summed E-state index contributed by atoms with van der Waals surface area (Å²) in [5.74, 6) is 0.255. The summed E-state index contributed by atoms with van der Waals surface area (Å²) in [6.07, 6.45) is 4.19. The number of halogens is 1. The van der Waals surface area contributed by atoms with Crippen LogP contribution in [-0.2, 0) is 0 Å². The number of carbonyl (C=O) groups is 1. The molecule has 5 nitrogen and oxygen atoms in total. The highest BCUT2D eigenvalue weighted by Crippen LogP contribution is 2.21. The third-order valence-electron chi connectivity index (χ3n) is 2.84. The number of pyridine rings is 2. The van der Waals surface area contributed by atoms with Gasteiger partial charge in [0.25, 0.3) is 5.91 Å². The molecule has 2 rings (SSSR count). The summed E-state index contributed by atoms with van der Waals surface area (Å²) in [7, 11) is 0. The van der Waals surface area contributed by atoms with Crippen LogP contribution in [0.1, 0.15) is 29.4 Å². The van der Waals surface area contributed by atoms with Crippen molar-refractivity contribution in [3.63, 3.8) is 0 Å². The number of nitrogens with one attached hydrogen (secondary N) is 2. The van der Waals surface area contributed by atoms with Crippen LogP contribution in [0.15, 0.2) is 35.1 Å². The normalized spacial score (nSPS) is 10.2. The fourth-order valence-electron chi connectivity index (χ4n) is 1.80. The van der Waals surface area contributed by atoms with Crippen LogP contribution in [0.25, 0.3) is 0 Å². The SMILES string of the molecule is CCCNc1cc(C)ncc1C(=O)Nc1ncccc1Br. The van der Waals surface area contributed by atoms with E-state index >= 15 is 0 Å². The molecule has 6 heteroatoms. The van der Waals surface area contributed by atoms with Gasteiger partial charge in [-0.3, -0.25) is 9.78 Å². The Hall–Kier alpha value is -1.95. The zero-order valence-electron chi connectivity index (χ0n) is 12.0. The van der Waals surface area contributed by atoms with E-state index in [2.05, 4.69) is 43.5 Å². The van der Waals surface area contributed by atoms with Crippen molar-refractivity contribution in [3.05, 3.63) is 46.3 Å². The van der Waals surface area contributed by atoms with Gasteiger partial charge >= 0.3 is 0 Å². The molecule has 0 bridgehead atoms. The Bertz CT molecular complexity index is 645.